The van der Waals surface area contributed by atoms with Crippen molar-refractivity contribution in [3.05, 3.63) is 0 Å². The summed E-state index contributed by atoms with van der Waals surface area (Å²) in [7, 11) is 0. The predicted molar refractivity (Wildman–Crippen MR) is 153 cm³/mol. The number of hydrogen-bond donors (Lipinski definition) is 2. The first kappa shape index (κ1) is 30.0. The van der Waals surface area contributed by atoms with Crippen LogP contribution in [0.4, 0.5) is 4.79 Å². The Hall–Kier alpha value is -2.45. The summed E-state index contributed by atoms with van der Waals surface area (Å²) in [6.45, 7) is 7.89. The van der Waals surface area contributed by atoms with Gasteiger partial charge in [-0.25, -0.2) is 4.79 Å². The number of piperidine rings is 1. The number of Topliss-reactive ketones (excluding diaryl/α,β-unsaturated/α-hetero) is 2. The summed E-state index contributed by atoms with van der Waals surface area (Å²) in [5, 5.41) is 5.87. The van der Waals surface area contributed by atoms with E-state index in [1.54, 1.807) is 4.90 Å². The highest BCUT2D eigenvalue weighted by Crippen LogP contribution is 2.65. The standard InChI is InChI=1S/C32H49N3O6/c1-19(36)27(37)23(17-20-13-14-20)33-28(38)26-24-22(31(24,2)3)18-35(26)29(39)25(21-11-7-5-8-12-21)34-30(40)41-32(4)15-9-6-10-16-32/h20-26H,5-18H2,1-4H3,(H,33,38)(H,34,40)/t22-,23-,24-,25-,26-/m0/s1. The van der Waals surface area contributed by atoms with Gasteiger partial charge in [-0.1, -0.05) is 52.4 Å². The van der Waals surface area contributed by atoms with Gasteiger partial charge in [0, 0.05) is 13.5 Å². The Bertz CT molecular complexity index is 1060. The van der Waals surface area contributed by atoms with Crippen molar-refractivity contribution in [2.45, 2.75) is 135 Å². The van der Waals surface area contributed by atoms with Crippen LogP contribution in [0.3, 0.4) is 0 Å². The highest BCUT2D eigenvalue weighted by molar-refractivity contribution is 6.38. The molecule has 228 valence electrons. The molecular formula is C32H49N3O6. The summed E-state index contributed by atoms with van der Waals surface area (Å²) in [4.78, 5) is 67.7. The molecule has 41 heavy (non-hydrogen) atoms. The molecule has 1 heterocycles. The number of likely N-dealkylation sites (tertiary alicyclic amines) is 1. The second-order valence-corrected chi connectivity index (χ2v) is 14.5. The molecule has 0 aromatic heterocycles. The van der Waals surface area contributed by atoms with Gasteiger partial charge in [-0.2, -0.15) is 0 Å². The minimum atomic E-state index is -0.858. The molecule has 5 aliphatic rings. The van der Waals surface area contributed by atoms with E-state index in [4.69, 9.17) is 4.74 Å². The molecule has 3 amide bonds. The summed E-state index contributed by atoms with van der Waals surface area (Å²) >= 11 is 0. The van der Waals surface area contributed by atoms with Gasteiger partial charge < -0.3 is 20.3 Å². The summed E-state index contributed by atoms with van der Waals surface area (Å²) in [6, 6.07) is -2.35. The number of ether oxygens (including phenoxy) is 1. The topological polar surface area (TPSA) is 122 Å². The normalized spacial score (nSPS) is 30.0. The third kappa shape index (κ3) is 6.48. The van der Waals surface area contributed by atoms with Crippen molar-refractivity contribution in [1.29, 1.82) is 0 Å². The maximum Gasteiger partial charge on any atom is 0.408 e. The third-order valence-electron chi connectivity index (χ3n) is 10.9. The Balaban J connectivity index is 1.34. The lowest BCUT2D eigenvalue weighted by Crippen LogP contribution is -2.59. The lowest BCUT2D eigenvalue weighted by atomic mass is 9.83. The van der Waals surface area contributed by atoms with Gasteiger partial charge in [-0.15, -0.1) is 0 Å². The maximum absolute atomic E-state index is 14.3. The first-order chi connectivity index (χ1) is 19.4. The highest BCUT2D eigenvalue weighted by atomic mass is 16.6. The third-order valence-corrected chi connectivity index (χ3v) is 10.9. The Morgan fingerprint density at radius 2 is 1.51 bits per heavy atom. The molecule has 0 radical (unpaired) electrons. The molecule has 9 nitrogen and oxygen atoms in total. The average Bonchev–Trinajstić information content (AvgIpc) is 3.78. The van der Waals surface area contributed by atoms with Crippen molar-refractivity contribution < 1.29 is 28.7 Å². The van der Waals surface area contributed by atoms with E-state index in [9.17, 15) is 24.0 Å². The molecule has 0 aromatic carbocycles. The van der Waals surface area contributed by atoms with Crippen LogP contribution >= 0.6 is 0 Å². The number of alkyl carbamates (subject to hydrolysis) is 1. The van der Waals surface area contributed by atoms with Crippen molar-refractivity contribution in [1.82, 2.24) is 15.5 Å². The fraction of sp³-hybridized carbons (Fsp3) is 0.844. The van der Waals surface area contributed by atoms with Gasteiger partial charge in [-0.05, 0) is 81.0 Å². The largest absolute Gasteiger partial charge is 0.443 e. The van der Waals surface area contributed by atoms with Crippen molar-refractivity contribution in [2.24, 2.45) is 29.1 Å². The number of ketones is 2. The molecule has 2 N–H and O–H groups in total. The Labute approximate surface area is 244 Å². The van der Waals surface area contributed by atoms with E-state index in [1.165, 1.54) is 6.92 Å². The molecule has 1 aliphatic heterocycles. The smallest absolute Gasteiger partial charge is 0.408 e. The van der Waals surface area contributed by atoms with E-state index in [0.29, 0.717) is 18.9 Å². The van der Waals surface area contributed by atoms with Gasteiger partial charge in [0.05, 0.1) is 6.04 Å². The van der Waals surface area contributed by atoms with Gasteiger partial charge in [0.2, 0.25) is 17.6 Å². The zero-order chi connectivity index (χ0) is 29.5. The van der Waals surface area contributed by atoms with Gasteiger partial charge in [0.25, 0.3) is 0 Å². The number of carbonyl (C=O) groups excluding carboxylic acids is 5. The number of nitrogens with one attached hydrogen (secondary N) is 2. The summed E-state index contributed by atoms with van der Waals surface area (Å²) in [6.07, 6.45) is 11.5. The Morgan fingerprint density at radius 3 is 2.12 bits per heavy atom. The molecule has 9 heteroatoms. The SMILES string of the molecule is CC(=O)C(=O)[C@H](CC1CC1)NC(=O)[C@@H]1[C@@H]2[C@H](CN1C(=O)[C@@H](NC(=O)OC1(C)CCCCC1)C1CCCCC1)C2(C)C. The molecule has 5 fully saturated rings. The zero-order valence-corrected chi connectivity index (χ0v) is 25.3. The summed E-state index contributed by atoms with van der Waals surface area (Å²) < 4.78 is 5.92. The first-order valence-corrected chi connectivity index (χ1v) is 16.1. The fourth-order valence-corrected chi connectivity index (χ4v) is 8.04. The van der Waals surface area contributed by atoms with Gasteiger partial charge in [0.1, 0.15) is 17.7 Å². The van der Waals surface area contributed by atoms with Crippen LogP contribution in [0.25, 0.3) is 0 Å². The van der Waals surface area contributed by atoms with Crippen LogP contribution in [-0.4, -0.2) is 64.6 Å². The van der Waals surface area contributed by atoms with Gasteiger partial charge >= 0.3 is 6.09 Å². The zero-order valence-electron chi connectivity index (χ0n) is 25.3. The number of nitrogens with zero attached hydrogens (tertiary/aromatic N) is 1. The van der Waals surface area contributed by atoms with Crippen molar-refractivity contribution >= 4 is 29.5 Å². The minimum Gasteiger partial charge on any atom is -0.443 e. The van der Waals surface area contributed by atoms with Crippen LogP contribution in [0.15, 0.2) is 0 Å². The molecule has 5 rings (SSSR count). The lowest BCUT2D eigenvalue weighted by Gasteiger charge is -2.38. The molecule has 0 unspecified atom stereocenters. The van der Waals surface area contributed by atoms with Crippen molar-refractivity contribution in [3.8, 4) is 0 Å². The number of rotatable bonds is 10. The molecular weight excluding hydrogens is 522 g/mol. The second kappa shape index (κ2) is 11.7. The van der Waals surface area contributed by atoms with Crippen molar-refractivity contribution in [3.63, 3.8) is 0 Å². The van der Waals surface area contributed by atoms with Crippen LogP contribution < -0.4 is 10.6 Å². The highest BCUT2D eigenvalue weighted by Gasteiger charge is 2.69. The minimum absolute atomic E-state index is 0.0153. The molecule has 5 atom stereocenters. The molecule has 0 spiro atoms. The van der Waals surface area contributed by atoms with Gasteiger partial charge in [-0.3, -0.25) is 19.2 Å². The molecule has 4 saturated carbocycles. The monoisotopic (exact) mass is 571 g/mol. The Morgan fingerprint density at radius 1 is 0.878 bits per heavy atom. The van der Waals surface area contributed by atoms with Crippen LogP contribution in [0.5, 0.6) is 0 Å². The van der Waals surface area contributed by atoms with Crippen LogP contribution in [0, 0.1) is 29.1 Å². The first-order valence-electron chi connectivity index (χ1n) is 16.1. The maximum atomic E-state index is 14.3. The summed E-state index contributed by atoms with van der Waals surface area (Å²) in [5.41, 5.74) is -0.623. The lowest BCUT2D eigenvalue weighted by molar-refractivity contribution is -0.144. The van der Waals surface area contributed by atoms with Crippen molar-refractivity contribution in [2.75, 3.05) is 6.54 Å². The average molecular weight is 572 g/mol. The Kier molecular flexibility index (Phi) is 8.55. The molecule has 1 saturated heterocycles. The van der Waals surface area contributed by atoms with Gasteiger partial charge in [0.15, 0.2) is 5.78 Å². The van der Waals surface area contributed by atoms with E-state index in [1.807, 2.05) is 6.92 Å². The van der Waals surface area contributed by atoms with Crippen LogP contribution in [0.1, 0.15) is 111 Å². The second-order valence-electron chi connectivity index (χ2n) is 14.5. The number of carbonyl (C=O) groups is 5. The van der Waals surface area contributed by atoms with E-state index in [-0.39, 0.29) is 35.0 Å². The molecule has 4 aliphatic carbocycles. The van der Waals surface area contributed by atoms with E-state index in [0.717, 1.165) is 77.0 Å². The fourth-order valence-electron chi connectivity index (χ4n) is 8.04. The van der Waals surface area contributed by atoms with Crippen LogP contribution in [-0.2, 0) is 23.9 Å². The molecule has 0 bridgehead atoms. The van der Waals surface area contributed by atoms with Crippen LogP contribution in [0.2, 0.25) is 0 Å². The summed E-state index contributed by atoms with van der Waals surface area (Å²) in [5.74, 6) is -1.27. The quantitative estimate of drug-likeness (QED) is 0.377. The molecule has 0 aromatic rings. The number of fused-ring (bicyclic) bond motifs is 1. The predicted octanol–water partition coefficient (Wildman–Crippen LogP) is 4.31. The van der Waals surface area contributed by atoms with E-state index < -0.39 is 41.4 Å². The number of amides is 3. The van der Waals surface area contributed by atoms with E-state index in [2.05, 4.69) is 24.5 Å². The van der Waals surface area contributed by atoms with E-state index >= 15 is 0 Å². The number of hydrogen-bond acceptors (Lipinski definition) is 6.